The Morgan fingerprint density at radius 3 is 2.48 bits per heavy atom. The van der Waals surface area contributed by atoms with E-state index in [1.54, 1.807) is 19.1 Å². The number of carboxylic acid groups (broad SMARTS) is 1. The van der Waals surface area contributed by atoms with E-state index in [1.807, 2.05) is 0 Å². The number of carbonyl (C=O) groups excluding carboxylic acids is 1. The molecule has 2 aromatic carbocycles. The molecule has 0 saturated heterocycles. The Kier molecular flexibility index (Phi) is 5.68. The van der Waals surface area contributed by atoms with Crippen LogP contribution < -0.4 is 5.43 Å². The average molecular weight is 435 g/mol. The van der Waals surface area contributed by atoms with E-state index in [2.05, 4.69) is 0 Å². The van der Waals surface area contributed by atoms with Crippen LogP contribution in [0.3, 0.4) is 0 Å². The number of carboxylic acids is 1. The van der Waals surface area contributed by atoms with E-state index >= 15 is 0 Å². The van der Waals surface area contributed by atoms with Gasteiger partial charge in [-0.3, -0.25) is 14.4 Å². The summed E-state index contributed by atoms with van der Waals surface area (Å²) in [6.45, 7) is 2.85. The topological polar surface area (TPSA) is 93.8 Å². The fourth-order valence-electron chi connectivity index (χ4n) is 2.89. The van der Waals surface area contributed by atoms with Crippen LogP contribution >= 0.6 is 23.2 Å². The molecule has 3 aromatic rings. The molecular weight excluding hydrogens is 419 g/mol. The predicted molar refractivity (Wildman–Crippen MR) is 110 cm³/mol. The van der Waals surface area contributed by atoms with Crippen molar-refractivity contribution in [1.29, 1.82) is 0 Å². The second-order valence-electron chi connectivity index (χ2n) is 6.46. The van der Waals surface area contributed by atoms with Gasteiger partial charge in [-0.2, -0.15) is 0 Å². The molecule has 29 heavy (non-hydrogen) atoms. The molecule has 0 amide bonds. The minimum Gasteiger partial charge on any atom is -0.480 e. The van der Waals surface area contributed by atoms with Crippen molar-refractivity contribution < 1.29 is 23.8 Å². The van der Waals surface area contributed by atoms with Gasteiger partial charge >= 0.3 is 11.9 Å². The zero-order valence-electron chi connectivity index (χ0n) is 15.5. The zero-order valence-corrected chi connectivity index (χ0v) is 17.0. The third-order valence-corrected chi connectivity index (χ3v) is 5.16. The van der Waals surface area contributed by atoms with E-state index in [-0.39, 0.29) is 28.9 Å². The van der Waals surface area contributed by atoms with Gasteiger partial charge in [0, 0.05) is 16.7 Å². The lowest BCUT2D eigenvalue weighted by Gasteiger charge is -2.23. The highest BCUT2D eigenvalue weighted by Gasteiger charge is 2.45. The van der Waals surface area contributed by atoms with Gasteiger partial charge in [0.1, 0.15) is 11.3 Å². The van der Waals surface area contributed by atoms with E-state index in [0.29, 0.717) is 15.6 Å². The Bertz CT molecular complexity index is 1180. The number of hydrogen-bond acceptors (Lipinski definition) is 5. The number of rotatable bonds is 5. The molecule has 8 heteroatoms. The molecular formula is C21H16Cl2O6. The van der Waals surface area contributed by atoms with Gasteiger partial charge in [-0.1, -0.05) is 29.3 Å². The van der Waals surface area contributed by atoms with Crippen LogP contribution in [0.15, 0.2) is 51.7 Å². The first-order chi connectivity index (χ1) is 13.7. The van der Waals surface area contributed by atoms with Crippen molar-refractivity contribution in [3.63, 3.8) is 0 Å². The molecule has 0 spiro atoms. The van der Waals surface area contributed by atoms with Crippen molar-refractivity contribution in [3.05, 3.63) is 68.3 Å². The molecule has 1 heterocycles. The molecule has 150 valence electrons. The number of hydrogen-bond donors (Lipinski definition) is 1. The molecule has 0 saturated carbocycles. The first kappa shape index (κ1) is 20.9. The normalized spacial score (nSPS) is 13.1. The third-order valence-electron chi connectivity index (χ3n) is 4.61. The summed E-state index contributed by atoms with van der Waals surface area (Å²) in [7, 11) is 0. The molecule has 0 radical (unpaired) electrons. The van der Waals surface area contributed by atoms with Crippen LogP contribution in [0.5, 0.6) is 0 Å². The van der Waals surface area contributed by atoms with E-state index in [4.69, 9.17) is 32.4 Å². The molecule has 3 rings (SSSR count). The Balaban J connectivity index is 2.17. The summed E-state index contributed by atoms with van der Waals surface area (Å²) in [6, 6.07) is 10.2. The first-order valence-electron chi connectivity index (χ1n) is 8.63. The second-order valence-corrected chi connectivity index (χ2v) is 7.30. The van der Waals surface area contributed by atoms with Crippen LogP contribution in [0.4, 0.5) is 0 Å². The van der Waals surface area contributed by atoms with Crippen LogP contribution in [0.2, 0.25) is 10.0 Å². The summed E-state index contributed by atoms with van der Waals surface area (Å²) in [4.78, 5) is 36.8. The van der Waals surface area contributed by atoms with Crippen molar-refractivity contribution in [2.75, 3.05) is 6.61 Å². The van der Waals surface area contributed by atoms with Gasteiger partial charge in [0.05, 0.1) is 17.0 Å². The van der Waals surface area contributed by atoms with Crippen molar-refractivity contribution >= 4 is 46.1 Å². The number of halogens is 2. The van der Waals surface area contributed by atoms with Gasteiger partial charge in [0.25, 0.3) is 0 Å². The van der Waals surface area contributed by atoms with E-state index in [0.717, 1.165) is 0 Å². The lowest BCUT2D eigenvalue weighted by atomic mass is 9.82. The highest BCUT2D eigenvalue weighted by Crippen LogP contribution is 2.33. The summed E-state index contributed by atoms with van der Waals surface area (Å²) in [5.74, 6) is -2.06. The predicted octanol–water partition coefficient (Wildman–Crippen LogP) is 4.67. The van der Waals surface area contributed by atoms with Crippen LogP contribution in [-0.4, -0.2) is 23.7 Å². The van der Waals surface area contributed by atoms with Gasteiger partial charge in [0.2, 0.25) is 0 Å². The average Bonchev–Trinajstić information content (AvgIpc) is 2.67. The molecule has 0 aliphatic carbocycles. The van der Waals surface area contributed by atoms with E-state index in [1.165, 1.54) is 37.3 Å². The van der Waals surface area contributed by atoms with E-state index < -0.39 is 22.8 Å². The third kappa shape index (κ3) is 3.73. The van der Waals surface area contributed by atoms with E-state index in [9.17, 15) is 19.5 Å². The summed E-state index contributed by atoms with van der Waals surface area (Å²) < 4.78 is 10.7. The number of aliphatic carboxylic acids is 1. The second kappa shape index (κ2) is 7.89. The lowest BCUT2D eigenvalue weighted by molar-refractivity contribution is -0.160. The summed E-state index contributed by atoms with van der Waals surface area (Å²) in [5, 5.41) is 10.5. The Labute approximate surface area is 175 Å². The first-order valence-corrected chi connectivity index (χ1v) is 9.38. The standard InChI is InChI=1S/C21H16Cl2O6/c1-3-28-20(27)21(2,19(25)26)11-4-7-17-14(8-11)16(24)10-18(29-17)13-6-5-12(22)9-15(13)23/h4-10H,3H2,1-2H3,(H,25,26). The molecule has 0 fully saturated rings. The van der Waals surface area contributed by atoms with Gasteiger partial charge < -0.3 is 14.3 Å². The fourth-order valence-corrected chi connectivity index (χ4v) is 3.40. The largest absolute Gasteiger partial charge is 0.480 e. The van der Waals surface area contributed by atoms with Crippen LogP contribution in [0.1, 0.15) is 19.4 Å². The Hall–Kier alpha value is -2.83. The quantitative estimate of drug-likeness (QED) is 0.462. The van der Waals surface area contributed by atoms with Gasteiger partial charge in [-0.05, 0) is 49.7 Å². The maximum absolute atomic E-state index is 12.7. The fraction of sp³-hybridized carbons (Fsp3) is 0.190. The van der Waals surface area contributed by atoms with Crippen LogP contribution in [0.25, 0.3) is 22.3 Å². The summed E-state index contributed by atoms with van der Waals surface area (Å²) in [6.07, 6.45) is 0. The number of carbonyl (C=O) groups is 2. The molecule has 1 atom stereocenters. The highest BCUT2D eigenvalue weighted by molar-refractivity contribution is 6.36. The molecule has 1 aromatic heterocycles. The highest BCUT2D eigenvalue weighted by atomic mass is 35.5. The number of benzene rings is 2. The molecule has 0 aliphatic heterocycles. The van der Waals surface area contributed by atoms with Crippen molar-refractivity contribution in [2.24, 2.45) is 0 Å². The maximum Gasteiger partial charge on any atom is 0.327 e. The van der Waals surface area contributed by atoms with Gasteiger partial charge in [0.15, 0.2) is 10.8 Å². The summed E-state index contributed by atoms with van der Waals surface area (Å²) in [5.41, 5.74) is -1.56. The van der Waals surface area contributed by atoms with Crippen molar-refractivity contribution in [2.45, 2.75) is 19.3 Å². The van der Waals surface area contributed by atoms with Crippen LogP contribution in [-0.2, 0) is 19.7 Å². The monoisotopic (exact) mass is 434 g/mol. The minimum atomic E-state index is -1.96. The molecule has 0 bridgehead atoms. The van der Waals surface area contributed by atoms with Gasteiger partial charge in [-0.25, -0.2) is 0 Å². The van der Waals surface area contributed by atoms with Crippen molar-refractivity contribution in [3.8, 4) is 11.3 Å². The minimum absolute atomic E-state index is 0.0304. The molecule has 1 unspecified atom stereocenters. The molecule has 0 aliphatic rings. The zero-order chi connectivity index (χ0) is 21.3. The number of fused-ring (bicyclic) bond motifs is 1. The van der Waals surface area contributed by atoms with Crippen molar-refractivity contribution in [1.82, 2.24) is 0 Å². The van der Waals surface area contributed by atoms with Gasteiger partial charge in [-0.15, -0.1) is 0 Å². The SMILES string of the molecule is CCOC(=O)C(C)(C(=O)O)c1ccc2oc(-c3ccc(Cl)cc3Cl)cc(=O)c2c1. The van der Waals surface area contributed by atoms with Crippen LogP contribution in [0, 0.1) is 0 Å². The number of ether oxygens (including phenoxy) is 1. The summed E-state index contributed by atoms with van der Waals surface area (Å²) >= 11 is 12.1. The lowest BCUT2D eigenvalue weighted by Crippen LogP contribution is -2.42. The Morgan fingerprint density at radius 1 is 1.14 bits per heavy atom. The Morgan fingerprint density at radius 2 is 1.86 bits per heavy atom. The smallest absolute Gasteiger partial charge is 0.327 e. The number of esters is 1. The molecule has 1 N–H and O–H groups in total. The molecule has 6 nitrogen and oxygen atoms in total. The maximum atomic E-state index is 12.7.